The topological polar surface area (TPSA) is 51.6 Å². The van der Waals surface area contributed by atoms with Crippen molar-refractivity contribution in [2.75, 3.05) is 0 Å². The van der Waals surface area contributed by atoms with E-state index in [1.54, 1.807) is 0 Å². The molecule has 0 aliphatic rings. The van der Waals surface area contributed by atoms with E-state index in [1.807, 2.05) is 24.8 Å². The van der Waals surface area contributed by atoms with Crippen LogP contribution < -0.4 is 0 Å². The van der Waals surface area contributed by atoms with E-state index >= 15 is 0 Å². The number of aryl methyl sites for hydroxylation is 4. The molecular formula is C74H50N4. The summed E-state index contributed by atoms with van der Waals surface area (Å²) < 4.78 is 0. The summed E-state index contributed by atoms with van der Waals surface area (Å²) in [4.78, 5) is 21.0. The Kier molecular flexibility index (Phi) is 10.4. The number of hydrogen-bond acceptors (Lipinski definition) is 4. The van der Waals surface area contributed by atoms with Crippen LogP contribution in [0.2, 0.25) is 0 Å². The van der Waals surface area contributed by atoms with E-state index in [4.69, 9.17) is 9.97 Å². The largest absolute Gasteiger partial charge is 0.265 e. The summed E-state index contributed by atoms with van der Waals surface area (Å²) in [5.41, 5.74) is 19.6. The molecule has 4 nitrogen and oxygen atoms in total. The lowest BCUT2D eigenvalue weighted by atomic mass is 9.84. The predicted octanol–water partition coefficient (Wildman–Crippen LogP) is 19.7. The van der Waals surface area contributed by atoms with Crippen LogP contribution in [0.25, 0.3) is 153 Å². The van der Waals surface area contributed by atoms with Crippen molar-refractivity contribution >= 4 is 86.4 Å². The molecule has 0 N–H and O–H groups in total. The maximum absolute atomic E-state index is 5.99. The van der Waals surface area contributed by atoms with Gasteiger partial charge in [0.1, 0.15) is 0 Å². The van der Waals surface area contributed by atoms with Gasteiger partial charge in [0.15, 0.2) is 0 Å². The Labute approximate surface area is 452 Å². The molecule has 78 heavy (non-hydrogen) atoms. The molecule has 11 aromatic carbocycles. The summed E-state index contributed by atoms with van der Waals surface area (Å²) in [6.45, 7) is 8.84. The van der Waals surface area contributed by atoms with Crippen molar-refractivity contribution in [1.82, 2.24) is 19.9 Å². The lowest BCUT2D eigenvalue weighted by Gasteiger charge is -2.21. The molecule has 0 unspecified atom stereocenters. The first-order chi connectivity index (χ1) is 38.3. The first kappa shape index (κ1) is 45.5. The quantitative estimate of drug-likeness (QED) is 0.123. The van der Waals surface area contributed by atoms with Gasteiger partial charge in [0.05, 0.1) is 22.4 Å². The molecule has 4 heteroatoms. The number of benzene rings is 11. The smallest absolute Gasteiger partial charge is 0.0979 e. The average Bonchev–Trinajstić information content (AvgIpc) is 3.41. The summed E-state index contributed by atoms with van der Waals surface area (Å²) in [6.07, 6.45) is 7.53. The standard InChI is InChI=1S/C74H50N4/c1-43-21-23-53(45(3)37-43)69-57-19-11-7-15-51(57)39-61-55-17-9-5-13-49(55)41-63(71(61)69)65-27-25-59-67(47-29-33-75-34-30-47)68(48-31-35-76-36-32-48)60-26-28-66(78-74(60)73(59)77-65)64-42-50-14-6-10-18-56(50)62-40-52-16-8-12-20-58(52)70(72(62)64)54-24-22-44(2)38-46(54)4/h5-42H,1-4H3. The number of fused-ring (bicyclic) bond motifs is 11. The first-order valence-corrected chi connectivity index (χ1v) is 26.8. The zero-order chi connectivity index (χ0) is 52.2. The fourth-order valence-electron chi connectivity index (χ4n) is 12.9. The molecule has 0 aliphatic carbocycles. The van der Waals surface area contributed by atoms with Crippen LogP contribution in [0.4, 0.5) is 0 Å². The van der Waals surface area contributed by atoms with Gasteiger partial charge in [-0.2, -0.15) is 0 Å². The minimum absolute atomic E-state index is 0.828. The van der Waals surface area contributed by atoms with Crippen LogP contribution in [-0.4, -0.2) is 19.9 Å². The molecule has 15 rings (SSSR count). The fourth-order valence-corrected chi connectivity index (χ4v) is 12.9. The third-order valence-electron chi connectivity index (χ3n) is 16.3. The summed E-state index contributed by atoms with van der Waals surface area (Å²) in [5, 5.41) is 16.3. The Morgan fingerprint density at radius 2 is 0.641 bits per heavy atom. The highest BCUT2D eigenvalue weighted by molar-refractivity contribution is 6.27. The highest BCUT2D eigenvalue weighted by atomic mass is 14.8. The van der Waals surface area contributed by atoms with E-state index in [2.05, 4.69) is 244 Å². The number of rotatable bonds is 6. The second-order valence-electron chi connectivity index (χ2n) is 21.1. The molecule has 4 heterocycles. The lowest BCUT2D eigenvalue weighted by Crippen LogP contribution is -1.99. The average molecular weight is 995 g/mol. The number of aromatic nitrogens is 4. The van der Waals surface area contributed by atoms with Gasteiger partial charge in [-0.15, -0.1) is 0 Å². The highest BCUT2D eigenvalue weighted by Crippen LogP contribution is 2.50. The van der Waals surface area contributed by atoms with E-state index in [0.717, 1.165) is 77.3 Å². The molecule has 366 valence electrons. The van der Waals surface area contributed by atoms with E-state index in [-0.39, 0.29) is 0 Å². The van der Waals surface area contributed by atoms with Crippen LogP contribution in [0.1, 0.15) is 22.3 Å². The minimum atomic E-state index is 0.828. The van der Waals surface area contributed by atoms with Crippen molar-refractivity contribution in [2.45, 2.75) is 27.7 Å². The van der Waals surface area contributed by atoms with Gasteiger partial charge in [0.2, 0.25) is 0 Å². The van der Waals surface area contributed by atoms with Gasteiger partial charge in [0, 0.05) is 57.5 Å². The molecule has 0 amide bonds. The zero-order valence-electron chi connectivity index (χ0n) is 43.7. The molecule has 0 saturated carbocycles. The van der Waals surface area contributed by atoms with E-state index in [1.165, 1.54) is 98.4 Å². The third kappa shape index (κ3) is 7.14. The molecule has 0 spiro atoms. The van der Waals surface area contributed by atoms with Crippen LogP contribution in [0.3, 0.4) is 0 Å². The third-order valence-corrected chi connectivity index (χ3v) is 16.3. The molecule has 0 fully saturated rings. The zero-order valence-corrected chi connectivity index (χ0v) is 43.7. The van der Waals surface area contributed by atoms with Gasteiger partial charge < -0.3 is 0 Å². The minimum Gasteiger partial charge on any atom is -0.265 e. The molecule has 0 radical (unpaired) electrons. The van der Waals surface area contributed by atoms with Crippen LogP contribution >= 0.6 is 0 Å². The van der Waals surface area contributed by atoms with Crippen molar-refractivity contribution in [3.8, 4) is 67.0 Å². The molecule has 0 aliphatic heterocycles. The summed E-state index contributed by atoms with van der Waals surface area (Å²) in [7, 11) is 0. The van der Waals surface area contributed by atoms with Crippen molar-refractivity contribution in [3.05, 3.63) is 253 Å². The van der Waals surface area contributed by atoms with Crippen LogP contribution in [0, 0.1) is 27.7 Å². The van der Waals surface area contributed by atoms with Crippen LogP contribution in [-0.2, 0) is 0 Å². The monoisotopic (exact) mass is 994 g/mol. The van der Waals surface area contributed by atoms with Crippen molar-refractivity contribution in [2.24, 2.45) is 0 Å². The van der Waals surface area contributed by atoms with Gasteiger partial charge >= 0.3 is 0 Å². The van der Waals surface area contributed by atoms with E-state index in [0.29, 0.717) is 0 Å². The number of hydrogen-bond donors (Lipinski definition) is 0. The Morgan fingerprint density at radius 1 is 0.269 bits per heavy atom. The van der Waals surface area contributed by atoms with Gasteiger partial charge in [-0.1, -0.05) is 145 Å². The van der Waals surface area contributed by atoms with Gasteiger partial charge in [-0.3, -0.25) is 9.97 Å². The van der Waals surface area contributed by atoms with Crippen molar-refractivity contribution < 1.29 is 0 Å². The number of nitrogens with zero attached hydrogens (tertiary/aromatic N) is 4. The van der Waals surface area contributed by atoms with Crippen molar-refractivity contribution in [1.29, 1.82) is 0 Å². The Morgan fingerprint density at radius 3 is 1.04 bits per heavy atom. The van der Waals surface area contributed by atoms with Gasteiger partial charge in [0.25, 0.3) is 0 Å². The van der Waals surface area contributed by atoms with Gasteiger partial charge in [-0.05, 0) is 210 Å². The number of pyridine rings is 4. The lowest BCUT2D eigenvalue weighted by molar-refractivity contribution is 1.32. The van der Waals surface area contributed by atoms with E-state index < -0.39 is 0 Å². The maximum atomic E-state index is 5.99. The second-order valence-corrected chi connectivity index (χ2v) is 21.1. The van der Waals surface area contributed by atoms with Gasteiger partial charge in [-0.25, -0.2) is 9.97 Å². The molecule has 4 aromatic heterocycles. The summed E-state index contributed by atoms with van der Waals surface area (Å²) >= 11 is 0. The molecule has 15 aromatic rings. The van der Waals surface area contributed by atoms with Crippen LogP contribution in [0.5, 0.6) is 0 Å². The fraction of sp³-hybridized carbons (Fsp3) is 0.0541. The molecule has 0 saturated heterocycles. The Balaban J connectivity index is 1.11. The van der Waals surface area contributed by atoms with Crippen LogP contribution in [0.15, 0.2) is 231 Å². The SMILES string of the molecule is Cc1ccc(-c2c3ccccc3cc3c2c(-c2ccc4c(-c5ccncc5)c(-c5ccncc5)c5ccc(-c6cc7ccccc7c7cc8ccccc8c(-c8ccc(C)cc8C)c67)nc5c4n2)cc2ccccc23)c(C)c1. The highest BCUT2D eigenvalue weighted by Gasteiger charge is 2.25. The maximum Gasteiger partial charge on any atom is 0.0979 e. The van der Waals surface area contributed by atoms with Crippen molar-refractivity contribution in [3.63, 3.8) is 0 Å². The Hall–Kier alpha value is -9.90. The summed E-state index contributed by atoms with van der Waals surface area (Å²) in [5.74, 6) is 0. The normalized spacial score (nSPS) is 11.8. The first-order valence-electron chi connectivity index (χ1n) is 26.8. The van der Waals surface area contributed by atoms with E-state index in [9.17, 15) is 0 Å². The predicted molar refractivity (Wildman–Crippen MR) is 329 cm³/mol. The summed E-state index contributed by atoms with van der Waals surface area (Å²) in [6, 6.07) is 76.0. The molecule has 0 atom stereocenters. The molecule has 0 bridgehead atoms. The Bertz CT molecular complexity index is 4690. The second kappa shape index (κ2) is 17.9. The molecular weight excluding hydrogens is 945 g/mol.